The Bertz CT molecular complexity index is 341. The Hall–Kier alpha value is -0.860. The van der Waals surface area contributed by atoms with Crippen molar-refractivity contribution in [1.82, 2.24) is 5.43 Å². The van der Waals surface area contributed by atoms with E-state index in [1.165, 1.54) is 37.7 Å². The zero-order chi connectivity index (χ0) is 12.8. The molecule has 0 heterocycles. The van der Waals surface area contributed by atoms with Crippen molar-refractivity contribution in [3.8, 4) is 0 Å². The average molecular weight is 246 g/mol. The molecule has 0 radical (unpaired) electrons. The van der Waals surface area contributed by atoms with E-state index in [4.69, 9.17) is 5.84 Å². The molecule has 0 aromatic heterocycles. The van der Waals surface area contributed by atoms with Crippen LogP contribution in [0.3, 0.4) is 0 Å². The second-order valence-electron chi connectivity index (χ2n) is 5.96. The fraction of sp³-hybridized carbons (Fsp3) is 0.625. The summed E-state index contributed by atoms with van der Waals surface area (Å²) in [6.45, 7) is 2.40. The van der Waals surface area contributed by atoms with Crippen LogP contribution in [0.1, 0.15) is 51.0 Å². The van der Waals surface area contributed by atoms with Gasteiger partial charge in [-0.1, -0.05) is 56.5 Å². The summed E-state index contributed by atoms with van der Waals surface area (Å²) in [5.41, 5.74) is 4.89. The maximum atomic E-state index is 5.80. The fourth-order valence-electron chi connectivity index (χ4n) is 3.30. The van der Waals surface area contributed by atoms with Gasteiger partial charge in [-0.25, -0.2) is 0 Å². The van der Waals surface area contributed by atoms with Crippen molar-refractivity contribution in [3.63, 3.8) is 0 Å². The normalized spacial score (nSPS) is 20.6. The monoisotopic (exact) mass is 246 g/mol. The van der Waals surface area contributed by atoms with Gasteiger partial charge in [0.25, 0.3) is 0 Å². The number of hydrogen-bond acceptors (Lipinski definition) is 2. The highest BCUT2D eigenvalue weighted by Crippen LogP contribution is 2.39. The van der Waals surface area contributed by atoms with Crippen molar-refractivity contribution in [3.05, 3.63) is 35.9 Å². The fourth-order valence-corrected chi connectivity index (χ4v) is 3.30. The molecule has 18 heavy (non-hydrogen) atoms. The number of rotatable bonds is 5. The summed E-state index contributed by atoms with van der Waals surface area (Å²) < 4.78 is 0. The van der Waals surface area contributed by atoms with Crippen LogP contribution in [0.5, 0.6) is 0 Å². The molecule has 3 N–H and O–H groups in total. The van der Waals surface area contributed by atoms with Gasteiger partial charge in [0.2, 0.25) is 0 Å². The molecule has 2 rings (SSSR count). The van der Waals surface area contributed by atoms with E-state index in [0.29, 0.717) is 11.5 Å². The minimum Gasteiger partial charge on any atom is -0.271 e. The van der Waals surface area contributed by atoms with Gasteiger partial charge < -0.3 is 0 Å². The van der Waals surface area contributed by atoms with Gasteiger partial charge in [-0.05, 0) is 36.7 Å². The third-order valence-corrected chi connectivity index (χ3v) is 4.60. The lowest BCUT2D eigenvalue weighted by Crippen LogP contribution is -2.48. The van der Waals surface area contributed by atoms with Crippen LogP contribution in [0.15, 0.2) is 30.3 Å². The second kappa shape index (κ2) is 6.35. The standard InChI is InChI=1S/C16H26N2/c1-16(12-6-3-7-13-16)15(18-17)11-10-14-8-4-2-5-9-14/h2,4-5,8-9,15,18H,3,6-7,10-13,17H2,1H3. The molecule has 1 aromatic rings. The van der Waals surface area contributed by atoms with Crippen molar-refractivity contribution in [2.75, 3.05) is 0 Å². The van der Waals surface area contributed by atoms with Gasteiger partial charge in [0, 0.05) is 6.04 Å². The first-order valence-electron chi connectivity index (χ1n) is 7.25. The molecular weight excluding hydrogens is 220 g/mol. The number of hydrazine groups is 1. The van der Waals surface area contributed by atoms with Crippen molar-refractivity contribution < 1.29 is 0 Å². The second-order valence-corrected chi connectivity index (χ2v) is 5.96. The summed E-state index contributed by atoms with van der Waals surface area (Å²) in [5, 5.41) is 0. The SMILES string of the molecule is CC1(C(CCc2ccccc2)NN)CCCCC1. The molecule has 1 unspecified atom stereocenters. The molecule has 0 bridgehead atoms. The third kappa shape index (κ3) is 3.33. The number of hydrogen-bond donors (Lipinski definition) is 2. The van der Waals surface area contributed by atoms with E-state index in [2.05, 4.69) is 42.7 Å². The molecule has 1 saturated carbocycles. The zero-order valence-corrected chi connectivity index (χ0v) is 11.5. The van der Waals surface area contributed by atoms with Gasteiger partial charge in [0.1, 0.15) is 0 Å². The zero-order valence-electron chi connectivity index (χ0n) is 11.5. The van der Waals surface area contributed by atoms with Crippen molar-refractivity contribution in [1.29, 1.82) is 0 Å². The van der Waals surface area contributed by atoms with Crippen molar-refractivity contribution in [2.45, 2.75) is 57.9 Å². The van der Waals surface area contributed by atoms with Gasteiger partial charge in [-0.3, -0.25) is 11.3 Å². The van der Waals surface area contributed by atoms with E-state index >= 15 is 0 Å². The molecule has 100 valence electrons. The quantitative estimate of drug-likeness (QED) is 0.617. The van der Waals surface area contributed by atoms with Gasteiger partial charge in [-0.2, -0.15) is 0 Å². The van der Waals surface area contributed by atoms with E-state index < -0.39 is 0 Å². The summed E-state index contributed by atoms with van der Waals surface area (Å²) in [5.74, 6) is 5.80. The summed E-state index contributed by atoms with van der Waals surface area (Å²) >= 11 is 0. The molecule has 2 nitrogen and oxygen atoms in total. The van der Waals surface area contributed by atoms with E-state index in [9.17, 15) is 0 Å². The van der Waals surface area contributed by atoms with Crippen molar-refractivity contribution in [2.24, 2.45) is 11.3 Å². The predicted octanol–water partition coefficient (Wildman–Crippen LogP) is 3.42. The van der Waals surface area contributed by atoms with Gasteiger partial charge in [0.05, 0.1) is 0 Å². The van der Waals surface area contributed by atoms with E-state index in [1.54, 1.807) is 0 Å². The van der Waals surface area contributed by atoms with Crippen LogP contribution in [0, 0.1) is 5.41 Å². The predicted molar refractivity (Wildman–Crippen MR) is 77.1 cm³/mol. The minimum absolute atomic E-state index is 0.391. The van der Waals surface area contributed by atoms with E-state index in [1.807, 2.05) is 0 Å². The number of aryl methyl sites for hydroxylation is 1. The molecule has 1 aliphatic rings. The lowest BCUT2D eigenvalue weighted by molar-refractivity contribution is 0.138. The molecule has 0 amide bonds. The molecular formula is C16H26N2. The van der Waals surface area contributed by atoms with Crippen LogP contribution >= 0.6 is 0 Å². The molecule has 0 aliphatic heterocycles. The maximum Gasteiger partial charge on any atom is 0.0267 e. The highest BCUT2D eigenvalue weighted by molar-refractivity contribution is 5.15. The molecule has 1 fully saturated rings. The summed E-state index contributed by atoms with van der Waals surface area (Å²) in [6, 6.07) is 11.2. The minimum atomic E-state index is 0.391. The summed E-state index contributed by atoms with van der Waals surface area (Å²) in [7, 11) is 0. The van der Waals surface area contributed by atoms with Gasteiger partial charge >= 0.3 is 0 Å². The topological polar surface area (TPSA) is 38.0 Å². The highest BCUT2D eigenvalue weighted by atomic mass is 15.2. The Morgan fingerprint density at radius 1 is 1.17 bits per heavy atom. The lowest BCUT2D eigenvalue weighted by atomic mass is 9.69. The molecule has 0 saturated heterocycles. The van der Waals surface area contributed by atoms with E-state index in [-0.39, 0.29) is 0 Å². The number of nitrogens with two attached hydrogens (primary N) is 1. The Morgan fingerprint density at radius 2 is 1.83 bits per heavy atom. The molecule has 2 heteroatoms. The Morgan fingerprint density at radius 3 is 2.44 bits per heavy atom. The molecule has 1 atom stereocenters. The summed E-state index contributed by atoms with van der Waals surface area (Å²) in [4.78, 5) is 0. The Kier molecular flexibility index (Phi) is 4.79. The first-order valence-corrected chi connectivity index (χ1v) is 7.25. The molecule has 1 aliphatic carbocycles. The van der Waals surface area contributed by atoms with Crippen LogP contribution in [0.4, 0.5) is 0 Å². The van der Waals surface area contributed by atoms with Gasteiger partial charge in [-0.15, -0.1) is 0 Å². The van der Waals surface area contributed by atoms with Crippen LogP contribution in [-0.2, 0) is 6.42 Å². The smallest absolute Gasteiger partial charge is 0.0267 e. The first-order chi connectivity index (χ1) is 8.74. The van der Waals surface area contributed by atoms with Crippen LogP contribution in [0.2, 0.25) is 0 Å². The summed E-state index contributed by atoms with van der Waals surface area (Å²) in [6.07, 6.45) is 9.00. The number of benzene rings is 1. The van der Waals surface area contributed by atoms with Crippen LogP contribution < -0.4 is 11.3 Å². The lowest BCUT2D eigenvalue weighted by Gasteiger charge is -2.40. The Labute approximate surface area is 111 Å². The van der Waals surface area contributed by atoms with Crippen LogP contribution in [-0.4, -0.2) is 6.04 Å². The van der Waals surface area contributed by atoms with E-state index in [0.717, 1.165) is 12.8 Å². The van der Waals surface area contributed by atoms with Crippen molar-refractivity contribution >= 4 is 0 Å². The third-order valence-electron chi connectivity index (χ3n) is 4.60. The van der Waals surface area contributed by atoms with Gasteiger partial charge in [0.15, 0.2) is 0 Å². The first kappa shape index (κ1) is 13.6. The highest BCUT2D eigenvalue weighted by Gasteiger charge is 2.34. The largest absolute Gasteiger partial charge is 0.271 e. The molecule has 0 spiro atoms. The Balaban J connectivity index is 1.92. The maximum absolute atomic E-state index is 5.80. The number of nitrogens with one attached hydrogen (secondary N) is 1. The van der Waals surface area contributed by atoms with Crippen LogP contribution in [0.25, 0.3) is 0 Å². The molecule has 1 aromatic carbocycles. The average Bonchev–Trinajstić information content (AvgIpc) is 2.41.